The molecule has 2 amide bonds. The van der Waals surface area contributed by atoms with Crippen LogP contribution in [0, 0.1) is 30.3 Å². The predicted octanol–water partition coefficient (Wildman–Crippen LogP) is 3.33. The Morgan fingerprint density at radius 2 is 1.83 bits per heavy atom. The van der Waals surface area contributed by atoms with Crippen molar-refractivity contribution in [1.29, 1.82) is 0 Å². The highest BCUT2D eigenvalue weighted by Crippen LogP contribution is 2.34. The maximum Gasteiger partial charge on any atom is 0.313 e. The fourth-order valence-corrected chi connectivity index (χ4v) is 3.46. The molecule has 0 aliphatic carbocycles. The first-order chi connectivity index (χ1) is 13.7. The van der Waals surface area contributed by atoms with Crippen LogP contribution in [0.5, 0.6) is 0 Å². The molecule has 6 nitrogen and oxygen atoms in total. The molecule has 0 radical (unpaired) electrons. The number of amides is 2. The van der Waals surface area contributed by atoms with Crippen LogP contribution in [0.4, 0.5) is 24.7 Å². The highest BCUT2D eigenvalue weighted by Gasteiger charge is 2.35. The van der Waals surface area contributed by atoms with Crippen molar-refractivity contribution in [3.63, 3.8) is 0 Å². The average Bonchev–Trinajstić information content (AvgIpc) is 2.67. The van der Waals surface area contributed by atoms with Crippen molar-refractivity contribution in [3.8, 4) is 0 Å². The molecule has 1 unspecified atom stereocenters. The van der Waals surface area contributed by atoms with Gasteiger partial charge in [0.1, 0.15) is 5.82 Å². The Labute approximate surface area is 165 Å². The largest absolute Gasteiger partial charge is 0.383 e. The number of rotatable bonds is 2. The third-order valence-electron chi connectivity index (χ3n) is 5.04. The lowest BCUT2D eigenvalue weighted by molar-refractivity contribution is -0.146. The van der Waals surface area contributed by atoms with Gasteiger partial charge in [0.15, 0.2) is 17.5 Å². The lowest BCUT2D eigenvalue weighted by atomic mass is 9.89. The van der Waals surface area contributed by atoms with Crippen molar-refractivity contribution in [2.45, 2.75) is 32.7 Å². The number of likely N-dealkylation sites (tertiary alicyclic amines) is 1. The van der Waals surface area contributed by atoms with Crippen LogP contribution in [-0.2, 0) is 9.59 Å². The normalized spacial score (nSPS) is 19.1. The summed E-state index contributed by atoms with van der Waals surface area (Å²) in [6.45, 7) is 3.85. The van der Waals surface area contributed by atoms with Gasteiger partial charge in [-0.05, 0) is 55.0 Å². The number of nitrogen functional groups attached to an aromatic ring is 1. The minimum Gasteiger partial charge on any atom is -0.383 e. The minimum absolute atomic E-state index is 0.0959. The maximum absolute atomic E-state index is 13.7. The smallest absolute Gasteiger partial charge is 0.313 e. The SMILES string of the molecule is Cc1cc(NC(=O)C(=O)N2C[C@@H](C)CCC2c2cc(F)c(F)c(F)c2)cnc1N. The second-order valence-corrected chi connectivity index (χ2v) is 7.33. The molecule has 0 saturated carbocycles. The minimum atomic E-state index is -1.57. The Hall–Kier alpha value is -3.10. The van der Waals surface area contributed by atoms with E-state index in [0.29, 0.717) is 29.9 Å². The molecule has 154 valence electrons. The number of nitrogens with zero attached hydrogens (tertiary/aromatic N) is 2. The number of nitrogens with one attached hydrogen (secondary N) is 1. The first kappa shape index (κ1) is 20.6. The molecule has 29 heavy (non-hydrogen) atoms. The summed E-state index contributed by atoms with van der Waals surface area (Å²) in [6, 6.07) is 2.57. The molecule has 2 heterocycles. The van der Waals surface area contributed by atoms with Gasteiger partial charge in [-0.25, -0.2) is 18.2 Å². The molecule has 0 bridgehead atoms. The zero-order chi connectivity index (χ0) is 21.3. The van der Waals surface area contributed by atoms with Crippen molar-refractivity contribution < 1.29 is 22.8 Å². The number of hydrogen-bond donors (Lipinski definition) is 2. The highest BCUT2D eigenvalue weighted by molar-refractivity contribution is 6.39. The van der Waals surface area contributed by atoms with Gasteiger partial charge in [-0.3, -0.25) is 9.59 Å². The van der Waals surface area contributed by atoms with E-state index in [2.05, 4.69) is 10.3 Å². The number of carbonyl (C=O) groups excluding carboxylic acids is 2. The summed E-state index contributed by atoms with van der Waals surface area (Å²) in [7, 11) is 0. The summed E-state index contributed by atoms with van der Waals surface area (Å²) in [5.41, 5.74) is 6.69. The predicted molar refractivity (Wildman–Crippen MR) is 101 cm³/mol. The van der Waals surface area contributed by atoms with E-state index in [1.54, 1.807) is 13.0 Å². The third-order valence-corrected chi connectivity index (χ3v) is 5.04. The monoisotopic (exact) mass is 406 g/mol. The van der Waals surface area contributed by atoms with E-state index in [9.17, 15) is 22.8 Å². The van der Waals surface area contributed by atoms with Gasteiger partial charge in [0.05, 0.1) is 17.9 Å². The van der Waals surface area contributed by atoms with Crippen LogP contribution in [-0.4, -0.2) is 28.2 Å². The number of nitrogens with two attached hydrogens (primary N) is 1. The van der Waals surface area contributed by atoms with Crippen molar-refractivity contribution in [2.24, 2.45) is 5.92 Å². The molecule has 0 spiro atoms. The lowest BCUT2D eigenvalue weighted by Gasteiger charge is -2.38. The Morgan fingerprint density at radius 3 is 2.45 bits per heavy atom. The maximum atomic E-state index is 13.7. The second-order valence-electron chi connectivity index (χ2n) is 7.33. The number of piperidine rings is 1. The zero-order valence-corrected chi connectivity index (χ0v) is 16.0. The molecule has 9 heteroatoms. The van der Waals surface area contributed by atoms with Crippen LogP contribution in [0.1, 0.15) is 36.9 Å². The number of aromatic nitrogens is 1. The van der Waals surface area contributed by atoms with Gasteiger partial charge >= 0.3 is 11.8 Å². The van der Waals surface area contributed by atoms with Crippen molar-refractivity contribution in [3.05, 3.63) is 53.0 Å². The van der Waals surface area contributed by atoms with Crippen molar-refractivity contribution in [2.75, 3.05) is 17.6 Å². The number of halogens is 3. The quantitative estimate of drug-likeness (QED) is 0.592. The number of anilines is 2. The molecule has 2 aromatic rings. The molecular weight excluding hydrogens is 385 g/mol. The van der Waals surface area contributed by atoms with Crippen LogP contribution in [0.2, 0.25) is 0 Å². The number of carbonyl (C=O) groups is 2. The van der Waals surface area contributed by atoms with Crippen LogP contribution in [0.15, 0.2) is 24.4 Å². The Kier molecular flexibility index (Phi) is 5.76. The molecule has 2 atom stereocenters. The fraction of sp³-hybridized carbons (Fsp3) is 0.350. The molecule has 1 saturated heterocycles. The van der Waals surface area contributed by atoms with Gasteiger partial charge in [0.2, 0.25) is 0 Å². The lowest BCUT2D eigenvalue weighted by Crippen LogP contribution is -2.46. The number of aryl methyl sites for hydroxylation is 1. The van der Waals surface area contributed by atoms with E-state index in [-0.39, 0.29) is 18.0 Å². The van der Waals surface area contributed by atoms with E-state index in [4.69, 9.17) is 5.73 Å². The number of benzene rings is 1. The second kappa shape index (κ2) is 8.10. The summed E-state index contributed by atoms with van der Waals surface area (Å²) < 4.78 is 40.7. The van der Waals surface area contributed by atoms with Crippen LogP contribution in [0.25, 0.3) is 0 Å². The summed E-state index contributed by atoms with van der Waals surface area (Å²) in [4.78, 5) is 30.5. The molecule has 3 N–H and O–H groups in total. The molecule has 1 fully saturated rings. The Morgan fingerprint density at radius 1 is 1.17 bits per heavy atom. The van der Waals surface area contributed by atoms with Crippen LogP contribution in [0.3, 0.4) is 0 Å². The number of pyridine rings is 1. The Bertz CT molecular complexity index is 944. The van der Waals surface area contributed by atoms with Gasteiger partial charge in [-0.1, -0.05) is 6.92 Å². The van der Waals surface area contributed by atoms with Gasteiger partial charge in [-0.15, -0.1) is 0 Å². The van der Waals surface area contributed by atoms with Gasteiger partial charge in [0, 0.05) is 6.54 Å². The summed E-state index contributed by atoms with van der Waals surface area (Å²) in [6.07, 6.45) is 2.42. The summed E-state index contributed by atoms with van der Waals surface area (Å²) >= 11 is 0. The summed E-state index contributed by atoms with van der Waals surface area (Å²) in [5.74, 6) is -5.59. The number of hydrogen-bond acceptors (Lipinski definition) is 4. The first-order valence-electron chi connectivity index (χ1n) is 9.16. The fourth-order valence-electron chi connectivity index (χ4n) is 3.46. The van der Waals surface area contributed by atoms with E-state index in [1.807, 2.05) is 6.92 Å². The van der Waals surface area contributed by atoms with E-state index in [1.165, 1.54) is 11.1 Å². The van der Waals surface area contributed by atoms with E-state index >= 15 is 0 Å². The standard InChI is InChI=1S/C20H21F3N4O2/c1-10-3-4-16(12-6-14(21)17(23)15(22)7-12)27(9-10)20(29)19(28)26-13-5-11(2)18(24)25-8-13/h5-8,10,16H,3-4,9H2,1-2H3,(H2,24,25)(H,26,28)/t10-,16?/m0/s1. The third kappa shape index (κ3) is 4.33. The zero-order valence-electron chi connectivity index (χ0n) is 16.0. The van der Waals surface area contributed by atoms with E-state index in [0.717, 1.165) is 12.1 Å². The molecule has 1 aliphatic heterocycles. The van der Waals surface area contributed by atoms with Gasteiger partial charge in [-0.2, -0.15) is 0 Å². The average molecular weight is 406 g/mol. The first-order valence-corrected chi connectivity index (χ1v) is 9.16. The highest BCUT2D eigenvalue weighted by atomic mass is 19.2. The molecule has 1 aromatic carbocycles. The molecule has 3 rings (SSSR count). The Balaban J connectivity index is 1.85. The van der Waals surface area contributed by atoms with Gasteiger partial charge < -0.3 is 16.0 Å². The van der Waals surface area contributed by atoms with Crippen LogP contribution >= 0.6 is 0 Å². The summed E-state index contributed by atoms with van der Waals surface area (Å²) in [5, 5.41) is 2.47. The molecule has 1 aliphatic rings. The van der Waals surface area contributed by atoms with Crippen molar-refractivity contribution >= 4 is 23.3 Å². The van der Waals surface area contributed by atoms with Gasteiger partial charge in [0.25, 0.3) is 0 Å². The van der Waals surface area contributed by atoms with Crippen molar-refractivity contribution in [1.82, 2.24) is 9.88 Å². The van der Waals surface area contributed by atoms with Crippen LogP contribution < -0.4 is 11.1 Å². The molecular formula is C20H21F3N4O2. The van der Waals surface area contributed by atoms with E-state index < -0.39 is 35.3 Å². The topological polar surface area (TPSA) is 88.3 Å². The molecule has 1 aromatic heterocycles.